The first kappa shape index (κ1) is 13.5. The number of hydrogen-bond donors (Lipinski definition) is 3. The first-order chi connectivity index (χ1) is 10.2. The monoisotopic (exact) mass is 318 g/mol. The Morgan fingerprint density at radius 2 is 1.95 bits per heavy atom. The van der Waals surface area contributed by atoms with E-state index in [1.807, 2.05) is 17.5 Å². The maximum atomic E-state index is 11.9. The number of H-pyrrole nitrogens is 1. The van der Waals surface area contributed by atoms with Gasteiger partial charge in [0.05, 0.1) is 4.88 Å². The maximum absolute atomic E-state index is 11.9. The van der Waals surface area contributed by atoms with Crippen molar-refractivity contribution >= 4 is 34.5 Å². The van der Waals surface area contributed by atoms with Gasteiger partial charge in [-0.3, -0.25) is 20.4 Å². The molecule has 0 saturated carbocycles. The van der Waals surface area contributed by atoms with Gasteiger partial charge >= 0.3 is 0 Å². The van der Waals surface area contributed by atoms with Crippen molar-refractivity contribution in [3.63, 3.8) is 0 Å². The SMILES string of the molecule is O=C(NNC(=O)c1ccc[nH]1)c1csc(-c2cccs2)n1. The molecule has 0 aromatic carbocycles. The molecule has 3 N–H and O–H groups in total. The summed E-state index contributed by atoms with van der Waals surface area (Å²) in [7, 11) is 0. The highest BCUT2D eigenvalue weighted by Crippen LogP contribution is 2.27. The first-order valence-corrected chi connectivity index (χ1v) is 7.73. The predicted octanol–water partition coefficient (Wildman–Crippen LogP) is 2.27. The van der Waals surface area contributed by atoms with E-state index in [2.05, 4.69) is 20.8 Å². The summed E-state index contributed by atoms with van der Waals surface area (Å²) in [4.78, 5) is 31.6. The summed E-state index contributed by atoms with van der Waals surface area (Å²) in [6, 6.07) is 7.18. The molecule has 0 atom stereocenters. The lowest BCUT2D eigenvalue weighted by molar-refractivity contribution is 0.0842. The van der Waals surface area contributed by atoms with Gasteiger partial charge in [0.15, 0.2) is 0 Å². The number of hydrogen-bond acceptors (Lipinski definition) is 5. The van der Waals surface area contributed by atoms with Gasteiger partial charge in [-0.05, 0) is 23.6 Å². The highest BCUT2D eigenvalue weighted by Gasteiger charge is 2.13. The molecular formula is C13H10N4O2S2. The van der Waals surface area contributed by atoms with Gasteiger partial charge in [0.1, 0.15) is 16.4 Å². The minimum absolute atomic E-state index is 0.273. The molecule has 0 unspecified atom stereocenters. The van der Waals surface area contributed by atoms with Crippen LogP contribution in [0.3, 0.4) is 0 Å². The molecule has 3 aromatic rings. The molecule has 3 heterocycles. The number of aromatic amines is 1. The highest BCUT2D eigenvalue weighted by molar-refractivity contribution is 7.20. The molecule has 21 heavy (non-hydrogen) atoms. The summed E-state index contributed by atoms with van der Waals surface area (Å²) in [5.41, 5.74) is 5.30. The molecule has 0 radical (unpaired) electrons. The zero-order valence-corrected chi connectivity index (χ0v) is 12.3. The molecule has 8 heteroatoms. The smallest absolute Gasteiger partial charge is 0.289 e. The largest absolute Gasteiger partial charge is 0.357 e. The lowest BCUT2D eigenvalue weighted by Crippen LogP contribution is -2.41. The van der Waals surface area contributed by atoms with E-state index in [1.54, 1.807) is 35.0 Å². The topological polar surface area (TPSA) is 86.9 Å². The number of nitrogens with zero attached hydrogens (tertiary/aromatic N) is 1. The molecule has 2 amide bonds. The quantitative estimate of drug-likeness (QED) is 0.647. The van der Waals surface area contributed by atoms with Crippen LogP contribution < -0.4 is 10.9 Å². The van der Waals surface area contributed by atoms with Crippen molar-refractivity contribution in [1.29, 1.82) is 0 Å². The molecule has 106 valence electrons. The van der Waals surface area contributed by atoms with Crippen molar-refractivity contribution in [3.05, 3.63) is 52.6 Å². The summed E-state index contributed by atoms with van der Waals surface area (Å²) >= 11 is 2.95. The second kappa shape index (κ2) is 5.90. The van der Waals surface area contributed by atoms with Crippen molar-refractivity contribution in [1.82, 2.24) is 20.8 Å². The molecule has 3 aromatic heterocycles. The van der Waals surface area contributed by atoms with Gasteiger partial charge in [-0.25, -0.2) is 4.98 Å². The first-order valence-electron chi connectivity index (χ1n) is 5.97. The molecule has 0 aliphatic carbocycles. The third kappa shape index (κ3) is 3.01. The van der Waals surface area contributed by atoms with Gasteiger partial charge in [-0.15, -0.1) is 22.7 Å². The standard InChI is InChI=1S/C13H10N4O2S2/c18-11(8-3-1-5-14-8)16-17-12(19)9-7-21-13(15-9)10-4-2-6-20-10/h1-7,14H,(H,16,18)(H,17,19). The van der Waals surface area contributed by atoms with E-state index in [0.29, 0.717) is 5.69 Å². The fourth-order valence-corrected chi connectivity index (χ4v) is 3.22. The van der Waals surface area contributed by atoms with E-state index in [0.717, 1.165) is 9.88 Å². The number of thiazole rings is 1. The van der Waals surface area contributed by atoms with E-state index in [9.17, 15) is 9.59 Å². The van der Waals surface area contributed by atoms with Crippen molar-refractivity contribution in [2.24, 2.45) is 0 Å². The minimum atomic E-state index is -0.450. The number of amides is 2. The van der Waals surface area contributed by atoms with Crippen molar-refractivity contribution < 1.29 is 9.59 Å². The van der Waals surface area contributed by atoms with Crippen LogP contribution in [0.15, 0.2) is 41.2 Å². The Kier molecular flexibility index (Phi) is 3.80. The second-order valence-electron chi connectivity index (χ2n) is 4.01. The van der Waals surface area contributed by atoms with Crippen LogP contribution in [0.5, 0.6) is 0 Å². The van der Waals surface area contributed by atoms with E-state index in [4.69, 9.17) is 0 Å². The van der Waals surface area contributed by atoms with Crippen molar-refractivity contribution in [2.45, 2.75) is 0 Å². The van der Waals surface area contributed by atoms with E-state index < -0.39 is 11.8 Å². The van der Waals surface area contributed by atoms with Crippen LogP contribution in [-0.4, -0.2) is 21.8 Å². The third-order valence-corrected chi connectivity index (χ3v) is 4.48. The number of aromatic nitrogens is 2. The molecular weight excluding hydrogens is 308 g/mol. The molecule has 0 saturated heterocycles. The molecule has 0 aliphatic rings. The number of hydrazine groups is 1. The minimum Gasteiger partial charge on any atom is -0.357 e. The van der Waals surface area contributed by atoms with Crippen molar-refractivity contribution in [2.75, 3.05) is 0 Å². The summed E-state index contributed by atoms with van der Waals surface area (Å²) in [5.74, 6) is -0.865. The summed E-state index contributed by atoms with van der Waals surface area (Å²) in [6.45, 7) is 0. The zero-order chi connectivity index (χ0) is 14.7. The Balaban J connectivity index is 1.62. The Labute approximate surface area is 127 Å². The van der Waals surface area contributed by atoms with Gasteiger partial charge in [-0.2, -0.15) is 0 Å². The molecule has 0 bridgehead atoms. The van der Waals surface area contributed by atoms with Gasteiger partial charge < -0.3 is 4.98 Å². The fraction of sp³-hybridized carbons (Fsp3) is 0. The lowest BCUT2D eigenvalue weighted by atomic mass is 10.4. The van der Waals surface area contributed by atoms with Crippen LogP contribution in [0.1, 0.15) is 21.0 Å². The van der Waals surface area contributed by atoms with Crippen LogP contribution in [0.2, 0.25) is 0 Å². The van der Waals surface area contributed by atoms with Gasteiger partial charge in [-0.1, -0.05) is 6.07 Å². The second-order valence-corrected chi connectivity index (χ2v) is 5.81. The van der Waals surface area contributed by atoms with Gasteiger partial charge in [0.2, 0.25) is 0 Å². The zero-order valence-electron chi connectivity index (χ0n) is 10.6. The predicted molar refractivity (Wildman–Crippen MR) is 81.2 cm³/mol. The summed E-state index contributed by atoms with van der Waals surface area (Å²) in [5, 5.41) is 4.39. The van der Waals surface area contributed by atoms with Crippen LogP contribution in [0.4, 0.5) is 0 Å². The number of rotatable bonds is 3. The molecule has 6 nitrogen and oxygen atoms in total. The van der Waals surface area contributed by atoms with Crippen LogP contribution in [0, 0.1) is 0 Å². The van der Waals surface area contributed by atoms with Crippen LogP contribution in [-0.2, 0) is 0 Å². The average Bonchev–Trinajstić information content (AvgIpc) is 3.25. The summed E-state index contributed by atoms with van der Waals surface area (Å²) < 4.78 is 0. The number of thiophene rings is 1. The molecule has 0 fully saturated rings. The molecule has 0 aliphatic heterocycles. The Morgan fingerprint density at radius 1 is 1.10 bits per heavy atom. The van der Waals surface area contributed by atoms with Crippen molar-refractivity contribution in [3.8, 4) is 9.88 Å². The Morgan fingerprint density at radius 3 is 2.67 bits per heavy atom. The third-order valence-electron chi connectivity index (χ3n) is 2.60. The average molecular weight is 318 g/mol. The molecule has 0 spiro atoms. The normalized spacial score (nSPS) is 10.3. The fourth-order valence-electron chi connectivity index (χ4n) is 1.61. The van der Waals surface area contributed by atoms with Gasteiger partial charge in [0.25, 0.3) is 11.8 Å². The number of nitrogens with one attached hydrogen (secondary N) is 3. The summed E-state index contributed by atoms with van der Waals surface area (Å²) in [6.07, 6.45) is 1.63. The Bertz CT molecular complexity index is 747. The van der Waals surface area contributed by atoms with E-state index >= 15 is 0 Å². The van der Waals surface area contributed by atoms with Crippen LogP contribution >= 0.6 is 22.7 Å². The number of carbonyl (C=O) groups is 2. The lowest BCUT2D eigenvalue weighted by Gasteiger charge is -2.04. The van der Waals surface area contributed by atoms with Crippen LogP contribution in [0.25, 0.3) is 9.88 Å². The van der Waals surface area contributed by atoms with E-state index in [-0.39, 0.29) is 5.69 Å². The highest BCUT2D eigenvalue weighted by atomic mass is 32.1. The maximum Gasteiger partial charge on any atom is 0.289 e. The Hall–Kier alpha value is -2.45. The van der Waals surface area contributed by atoms with Gasteiger partial charge in [0, 0.05) is 11.6 Å². The number of carbonyl (C=O) groups excluding carboxylic acids is 2. The molecule has 3 rings (SSSR count). The van der Waals surface area contributed by atoms with E-state index in [1.165, 1.54) is 11.3 Å².